The van der Waals surface area contributed by atoms with E-state index in [1.165, 1.54) is 6.20 Å². The van der Waals surface area contributed by atoms with Gasteiger partial charge < -0.3 is 4.90 Å². The summed E-state index contributed by atoms with van der Waals surface area (Å²) >= 11 is 0. The van der Waals surface area contributed by atoms with Crippen LogP contribution in [0.2, 0.25) is 0 Å². The maximum atomic E-state index is 12.7. The number of aromatic nitrogens is 2. The molecule has 0 aromatic carbocycles. The SMILES string of the molecule is Cc1[nH]ncc1C(=O)N1CCC(S(=O)(=O)N2CCCCC2)CC1. The average Bonchev–Trinajstić information content (AvgIpc) is 3.01. The van der Waals surface area contributed by atoms with Gasteiger partial charge in [-0.25, -0.2) is 12.7 Å². The first-order valence-electron chi connectivity index (χ1n) is 8.28. The van der Waals surface area contributed by atoms with Crippen LogP contribution in [0.4, 0.5) is 0 Å². The molecule has 2 aliphatic rings. The Morgan fingerprint density at radius 2 is 1.83 bits per heavy atom. The van der Waals surface area contributed by atoms with E-state index < -0.39 is 10.0 Å². The third-order valence-corrected chi connectivity index (χ3v) is 7.28. The molecule has 1 aromatic heterocycles. The fraction of sp³-hybridized carbons (Fsp3) is 0.733. The Bertz CT molecular complexity index is 656. The molecule has 0 aliphatic carbocycles. The van der Waals surface area contributed by atoms with E-state index in [2.05, 4.69) is 10.2 Å². The lowest BCUT2D eigenvalue weighted by Gasteiger charge is -2.35. The fourth-order valence-corrected chi connectivity index (χ4v) is 5.42. The Balaban J connectivity index is 1.62. The van der Waals surface area contributed by atoms with E-state index in [9.17, 15) is 13.2 Å². The van der Waals surface area contributed by atoms with Crippen LogP contribution in [0.1, 0.15) is 48.2 Å². The van der Waals surface area contributed by atoms with Crippen molar-refractivity contribution < 1.29 is 13.2 Å². The number of piperidine rings is 2. The zero-order valence-corrected chi connectivity index (χ0v) is 14.3. The van der Waals surface area contributed by atoms with Crippen LogP contribution in [0, 0.1) is 6.92 Å². The number of aromatic amines is 1. The average molecular weight is 340 g/mol. The first-order chi connectivity index (χ1) is 11.0. The van der Waals surface area contributed by atoms with E-state index in [0.717, 1.165) is 25.0 Å². The summed E-state index contributed by atoms with van der Waals surface area (Å²) in [5, 5.41) is 6.29. The number of aryl methyl sites for hydroxylation is 1. The van der Waals surface area contributed by atoms with Crippen molar-refractivity contribution in [3.05, 3.63) is 17.5 Å². The topological polar surface area (TPSA) is 86.4 Å². The van der Waals surface area contributed by atoms with Gasteiger partial charge in [0.25, 0.3) is 5.91 Å². The standard InChI is InChI=1S/C15H24N4O3S/c1-12-14(11-16-17-12)15(20)18-9-5-13(6-10-18)23(21,22)19-7-3-2-4-8-19/h11,13H,2-10H2,1H3,(H,16,17). The highest BCUT2D eigenvalue weighted by Gasteiger charge is 2.36. The summed E-state index contributed by atoms with van der Waals surface area (Å²) in [6, 6.07) is 0. The predicted octanol–water partition coefficient (Wildman–Crippen LogP) is 1.14. The fourth-order valence-electron chi connectivity index (χ4n) is 3.42. The number of amides is 1. The third-order valence-electron chi connectivity index (χ3n) is 4.89. The van der Waals surface area contributed by atoms with E-state index in [-0.39, 0.29) is 11.2 Å². The molecule has 23 heavy (non-hydrogen) atoms. The number of rotatable bonds is 3. The molecule has 0 bridgehead atoms. The molecule has 2 fully saturated rings. The van der Waals surface area contributed by atoms with E-state index >= 15 is 0 Å². The van der Waals surface area contributed by atoms with Crippen molar-refractivity contribution in [2.24, 2.45) is 0 Å². The van der Waals surface area contributed by atoms with Gasteiger partial charge in [-0.3, -0.25) is 9.89 Å². The monoisotopic (exact) mass is 340 g/mol. The molecule has 8 heteroatoms. The van der Waals surface area contributed by atoms with Crippen molar-refractivity contribution in [3.63, 3.8) is 0 Å². The summed E-state index contributed by atoms with van der Waals surface area (Å²) in [7, 11) is -3.22. The zero-order chi connectivity index (χ0) is 16.4. The van der Waals surface area contributed by atoms with Crippen LogP contribution in [0.5, 0.6) is 0 Å². The Morgan fingerprint density at radius 3 is 2.39 bits per heavy atom. The molecule has 3 heterocycles. The second kappa shape index (κ2) is 6.60. The Morgan fingerprint density at radius 1 is 1.17 bits per heavy atom. The van der Waals surface area contributed by atoms with Gasteiger partial charge in [0.15, 0.2) is 0 Å². The van der Waals surface area contributed by atoms with Crippen LogP contribution in [0.25, 0.3) is 0 Å². The molecule has 1 N–H and O–H groups in total. The number of hydrogen-bond donors (Lipinski definition) is 1. The van der Waals surface area contributed by atoms with Gasteiger partial charge in [-0.2, -0.15) is 5.10 Å². The highest BCUT2D eigenvalue weighted by Crippen LogP contribution is 2.25. The first-order valence-corrected chi connectivity index (χ1v) is 9.78. The molecule has 128 valence electrons. The van der Waals surface area contributed by atoms with Crippen LogP contribution >= 0.6 is 0 Å². The summed E-state index contributed by atoms with van der Waals surface area (Å²) in [5.74, 6) is -0.0647. The second-order valence-electron chi connectivity index (χ2n) is 6.40. The van der Waals surface area contributed by atoms with Gasteiger partial charge in [0.2, 0.25) is 10.0 Å². The van der Waals surface area contributed by atoms with E-state index in [1.807, 2.05) is 6.92 Å². The molecule has 0 spiro atoms. The maximum absolute atomic E-state index is 12.7. The molecule has 0 radical (unpaired) electrons. The molecule has 7 nitrogen and oxygen atoms in total. The van der Waals surface area contributed by atoms with Crippen molar-refractivity contribution in [2.45, 2.75) is 44.3 Å². The minimum absolute atomic E-state index is 0.0647. The smallest absolute Gasteiger partial charge is 0.257 e. The highest BCUT2D eigenvalue weighted by molar-refractivity contribution is 7.89. The summed E-state index contributed by atoms with van der Waals surface area (Å²) in [5.41, 5.74) is 1.32. The molecule has 1 amide bonds. The summed E-state index contributed by atoms with van der Waals surface area (Å²) in [6.07, 6.45) is 5.59. The molecular weight excluding hydrogens is 316 g/mol. The Kier molecular flexibility index (Phi) is 4.72. The summed E-state index contributed by atoms with van der Waals surface area (Å²) in [6.45, 7) is 4.08. The van der Waals surface area contributed by atoms with Crippen LogP contribution in [-0.4, -0.2) is 65.2 Å². The van der Waals surface area contributed by atoms with Crippen LogP contribution in [0.15, 0.2) is 6.20 Å². The number of nitrogens with zero attached hydrogens (tertiary/aromatic N) is 3. The van der Waals surface area contributed by atoms with Gasteiger partial charge in [-0.1, -0.05) is 6.42 Å². The summed E-state index contributed by atoms with van der Waals surface area (Å²) < 4.78 is 27.1. The molecule has 0 atom stereocenters. The minimum atomic E-state index is -3.22. The van der Waals surface area contributed by atoms with Gasteiger partial charge >= 0.3 is 0 Å². The largest absolute Gasteiger partial charge is 0.338 e. The molecule has 0 saturated carbocycles. The lowest BCUT2D eigenvalue weighted by atomic mass is 10.1. The van der Waals surface area contributed by atoms with Crippen LogP contribution in [0.3, 0.4) is 0 Å². The number of sulfonamides is 1. The lowest BCUT2D eigenvalue weighted by molar-refractivity contribution is 0.0724. The number of hydrogen-bond acceptors (Lipinski definition) is 4. The van der Waals surface area contributed by atoms with Crippen molar-refractivity contribution >= 4 is 15.9 Å². The predicted molar refractivity (Wildman–Crippen MR) is 86.6 cm³/mol. The molecule has 3 rings (SSSR count). The van der Waals surface area contributed by atoms with Crippen LogP contribution in [-0.2, 0) is 10.0 Å². The molecular formula is C15H24N4O3S. The Hall–Kier alpha value is -1.41. The molecule has 2 aliphatic heterocycles. The van der Waals surface area contributed by atoms with E-state index in [1.54, 1.807) is 9.21 Å². The number of likely N-dealkylation sites (tertiary alicyclic amines) is 1. The lowest BCUT2D eigenvalue weighted by Crippen LogP contribution is -2.48. The van der Waals surface area contributed by atoms with Gasteiger partial charge in [0.05, 0.1) is 17.0 Å². The van der Waals surface area contributed by atoms with E-state index in [0.29, 0.717) is 44.6 Å². The number of carbonyl (C=O) groups is 1. The second-order valence-corrected chi connectivity index (χ2v) is 8.62. The molecule has 1 aromatic rings. The quantitative estimate of drug-likeness (QED) is 0.894. The minimum Gasteiger partial charge on any atom is -0.338 e. The van der Waals surface area contributed by atoms with Crippen LogP contribution < -0.4 is 0 Å². The number of carbonyl (C=O) groups excluding carboxylic acids is 1. The first kappa shape index (κ1) is 16.4. The van der Waals surface area contributed by atoms with Crippen molar-refractivity contribution in [1.82, 2.24) is 19.4 Å². The highest BCUT2D eigenvalue weighted by atomic mass is 32.2. The zero-order valence-electron chi connectivity index (χ0n) is 13.5. The molecule has 0 unspecified atom stereocenters. The number of nitrogens with one attached hydrogen (secondary N) is 1. The normalized spacial score (nSPS) is 21.5. The van der Waals surface area contributed by atoms with Gasteiger partial charge in [0, 0.05) is 31.9 Å². The van der Waals surface area contributed by atoms with Crippen molar-refractivity contribution in [1.29, 1.82) is 0 Å². The Labute approximate surface area is 137 Å². The van der Waals surface area contributed by atoms with Crippen molar-refractivity contribution in [2.75, 3.05) is 26.2 Å². The molecule has 2 saturated heterocycles. The van der Waals surface area contributed by atoms with Gasteiger partial charge in [-0.15, -0.1) is 0 Å². The van der Waals surface area contributed by atoms with Gasteiger partial charge in [0.1, 0.15) is 0 Å². The van der Waals surface area contributed by atoms with E-state index in [4.69, 9.17) is 0 Å². The maximum Gasteiger partial charge on any atom is 0.257 e. The number of H-pyrrole nitrogens is 1. The summed E-state index contributed by atoms with van der Waals surface area (Å²) in [4.78, 5) is 14.2. The third kappa shape index (κ3) is 3.28. The van der Waals surface area contributed by atoms with Crippen molar-refractivity contribution in [3.8, 4) is 0 Å². The van der Waals surface area contributed by atoms with Gasteiger partial charge in [-0.05, 0) is 32.6 Å².